The number of H-pyrrole nitrogens is 1. The Morgan fingerprint density at radius 3 is 2.68 bits per heavy atom. The van der Waals surface area contributed by atoms with E-state index in [1.807, 2.05) is 24.3 Å². The minimum atomic E-state index is -0.547. The molecule has 100 valence electrons. The van der Waals surface area contributed by atoms with Crippen LogP contribution in [-0.4, -0.2) is 21.1 Å². The summed E-state index contributed by atoms with van der Waals surface area (Å²) in [5.74, 6) is 0.368. The quantitative estimate of drug-likeness (QED) is 0.455. The van der Waals surface area contributed by atoms with Crippen LogP contribution in [0.2, 0.25) is 0 Å². The predicted molar refractivity (Wildman–Crippen MR) is 74.0 cm³/mol. The van der Waals surface area contributed by atoms with Gasteiger partial charge in [-0.25, -0.2) is 10.5 Å². The Morgan fingerprint density at radius 1 is 1.37 bits per heavy atom. The first-order chi connectivity index (χ1) is 8.78. The van der Waals surface area contributed by atoms with Gasteiger partial charge in [0.1, 0.15) is 5.82 Å². The average molecular weight is 280 g/mol. The van der Waals surface area contributed by atoms with Gasteiger partial charge in [0.05, 0.1) is 0 Å². The van der Waals surface area contributed by atoms with Crippen molar-refractivity contribution in [3.05, 3.63) is 59.7 Å². The van der Waals surface area contributed by atoms with Crippen LogP contribution in [0.4, 0.5) is 0 Å². The molecule has 6 heteroatoms. The van der Waals surface area contributed by atoms with Gasteiger partial charge in [0, 0.05) is 24.9 Å². The Labute approximate surface area is 116 Å². The summed E-state index contributed by atoms with van der Waals surface area (Å²) in [6.07, 6.45) is 7.15. The van der Waals surface area contributed by atoms with E-state index in [0.717, 1.165) is 23.4 Å². The van der Waals surface area contributed by atoms with Gasteiger partial charge in [-0.15, -0.1) is 12.4 Å². The third kappa shape index (κ3) is 4.57. The zero-order chi connectivity index (χ0) is 12.8. The highest BCUT2D eigenvalue weighted by atomic mass is 35.5. The number of nitrogens with zero attached hydrogens (tertiary/aromatic N) is 1. The molecule has 0 spiro atoms. The molecule has 0 saturated carbocycles. The minimum Gasteiger partial charge on any atom is -0.348 e. The summed E-state index contributed by atoms with van der Waals surface area (Å²) < 4.78 is 0. The molecule has 0 saturated heterocycles. The maximum atomic E-state index is 10.8. The molecule has 0 atom stereocenters. The third-order valence-electron chi connectivity index (χ3n) is 2.44. The van der Waals surface area contributed by atoms with Crippen LogP contribution >= 0.6 is 12.4 Å². The minimum absolute atomic E-state index is 0. The van der Waals surface area contributed by atoms with Crippen molar-refractivity contribution < 1.29 is 10.0 Å². The van der Waals surface area contributed by atoms with Gasteiger partial charge in [-0.2, -0.15) is 0 Å². The van der Waals surface area contributed by atoms with Gasteiger partial charge in [-0.1, -0.05) is 24.3 Å². The van der Waals surface area contributed by atoms with Crippen molar-refractivity contribution in [2.24, 2.45) is 0 Å². The Hall–Kier alpha value is -2.11. The molecule has 0 unspecified atom stereocenters. The maximum Gasteiger partial charge on any atom is 0.267 e. The number of halogens is 1. The molecule has 0 aliphatic carbocycles. The number of imidazole rings is 1. The lowest BCUT2D eigenvalue weighted by Gasteiger charge is -1.99. The molecule has 2 rings (SSSR count). The number of hydroxylamine groups is 1. The van der Waals surface area contributed by atoms with Crippen LogP contribution in [-0.2, 0) is 11.2 Å². The third-order valence-corrected chi connectivity index (χ3v) is 2.44. The highest BCUT2D eigenvalue weighted by Gasteiger charge is 1.98. The second-order valence-corrected chi connectivity index (χ2v) is 3.76. The van der Waals surface area contributed by atoms with Crippen LogP contribution in [0, 0.1) is 0 Å². The topological polar surface area (TPSA) is 78.0 Å². The molecule has 1 aromatic heterocycles. The average Bonchev–Trinajstić information content (AvgIpc) is 2.90. The molecule has 0 radical (unpaired) electrons. The number of carbonyl (C=O) groups is 1. The van der Waals surface area contributed by atoms with E-state index in [2.05, 4.69) is 9.97 Å². The first-order valence-electron chi connectivity index (χ1n) is 5.47. The summed E-state index contributed by atoms with van der Waals surface area (Å²) in [6.45, 7) is 0. The Balaban J connectivity index is 0.00000180. The van der Waals surface area contributed by atoms with Gasteiger partial charge in [-0.3, -0.25) is 10.0 Å². The van der Waals surface area contributed by atoms with Gasteiger partial charge in [0.2, 0.25) is 0 Å². The van der Waals surface area contributed by atoms with Gasteiger partial charge in [0.15, 0.2) is 0 Å². The molecule has 0 aliphatic rings. The highest BCUT2D eigenvalue weighted by molar-refractivity contribution is 5.90. The highest BCUT2D eigenvalue weighted by Crippen LogP contribution is 2.09. The number of aromatic amines is 1. The molecule has 1 amide bonds. The van der Waals surface area contributed by atoms with Crippen LogP contribution in [0.15, 0.2) is 42.7 Å². The first kappa shape index (κ1) is 14.9. The van der Waals surface area contributed by atoms with Gasteiger partial charge in [-0.05, 0) is 17.2 Å². The van der Waals surface area contributed by atoms with Crippen LogP contribution in [0.3, 0.4) is 0 Å². The standard InChI is InChI=1S/C13H13N3O2.ClH/c17-13(16-18)6-5-10-1-3-11(4-2-10)9-12-14-7-8-15-12;/h1-8,18H,9H2,(H,14,15)(H,16,17);1H/b6-5+;. The van der Waals surface area contributed by atoms with Crippen molar-refractivity contribution in [1.82, 2.24) is 15.4 Å². The molecular weight excluding hydrogens is 266 g/mol. The van der Waals surface area contributed by atoms with Gasteiger partial charge < -0.3 is 4.98 Å². The molecule has 0 fully saturated rings. The summed E-state index contributed by atoms with van der Waals surface area (Å²) in [6, 6.07) is 7.75. The molecule has 2 aromatic rings. The fourth-order valence-corrected chi connectivity index (χ4v) is 1.54. The van der Waals surface area contributed by atoms with E-state index in [1.54, 1.807) is 18.5 Å². The van der Waals surface area contributed by atoms with E-state index in [4.69, 9.17) is 5.21 Å². The second-order valence-electron chi connectivity index (χ2n) is 3.76. The van der Waals surface area contributed by atoms with Crippen molar-refractivity contribution in [3.63, 3.8) is 0 Å². The van der Waals surface area contributed by atoms with E-state index in [-0.39, 0.29) is 12.4 Å². The summed E-state index contributed by atoms with van der Waals surface area (Å²) in [4.78, 5) is 18.0. The zero-order valence-corrected chi connectivity index (χ0v) is 10.9. The molecule has 5 nitrogen and oxygen atoms in total. The molecule has 0 aliphatic heterocycles. The van der Waals surface area contributed by atoms with Crippen LogP contribution < -0.4 is 5.48 Å². The number of nitrogens with one attached hydrogen (secondary N) is 2. The zero-order valence-electron chi connectivity index (χ0n) is 10.0. The lowest BCUT2D eigenvalue weighted by Crippen LogP contribution is -2.14. The van der Waals surface area contributed by atoms with Crippen LogP contribution in [0.1, 0.15) is 17.0 Å². The first-order valence-corrected chi connectivity index (χ1v) is 5.47. The Morgan fingerprint density at radius 2 is 2.11 bits per heavy atom. The van der Waals surface area contributed by atoms with Crippen molar-refractivity contribution >= 4 is 24.4 Å². The van der Waals surface area contributed by atoms with E-state index < -0.39 is 5.91 Å². The number of aromatic nitrogens is 2. The number of carbonyl (C=O) groups excluding carboxylic acids is 1. The monoisotopic (exact) mass is 279 g/mol. The summed E-state index contributed by atoms with van der Waals surface area (Å²) in [5.41, 5.74) is 3.56. The summed E-state index contributed by atoms with van der Waals surface area (Å²) in [5, 5.41) is 8.34. The SMILES string of the molecule is Cl.O=C(/C=C/c1ccc(Cc2ncc[nH]2)cc1)NO. The molecule has 19 heavy (non-hydrogen) atoms. The largest absolute Gasteiger partial charge is 0.348 e. The van der Waals surface area contributed by atoms with E-state index in [1.165, 1.54) is 11.6 Å². The molecular formula is C13H14ClN3O2. The number of rotatable bonds is 4. The van der Waals surface area contributed by atoms with Crippen LogP contribution in [0.5, 0.6) is 0 Å². The number of benzene rings is 1. The normalized spacial score (nSPS) is 10.2. The lowest BCUT2D eigenvalue weighted by molar-refractivity contribution is -0.124. The van der Waals surface area contributed by atoms with E-state index in [9.17, 15) is 4.79 Å². The second kappa shape index (κ2) is 7.35. The van der Waals surface area contributed by atoms with Crippen molar-refractivity contribution in [1.29, 1.82) is 0 Å². The van der Waals surface area contributed by atoms with Gasteiger partial charge in [0.25, 0.3) is 5.91 Å². The molecule has 1 heterocycles. The summed E-state index contributed by atoms with van der Waals surface area (Å²) >= 11 is 0. The van der Waals surface area contributed by atoms with Crippen molar-refractivity contribution in [2.45, 2.75) is 6.42 Å². The summed E-state index contributed by atoms with van der Waals surface area (Å²) in [7, 11) is 0. The molecule has 3 N–H and O–H groups in total. The van der Waals surface area contributed by atoms with Crippen molar-refractivity contribution in [3.8, 4) is 0 Å². The molecule has 1 aromatic carbocycles. The van der Waals surface area contributed by atoms with E-state index in [0.29, 0.717) is 0 Å². The molecule has 0 bridgehead atoms. The fourth-order valence-electron chi connectivity index (χ4n) is 1.54. The van der Waals surface area contributed by atoms with Gasteiger partial charge >= 0.3 is 0 Å². The van der Waals surface area contributed by atoms with Crippen LogP contribution in [0.25, 0.3) is 6.08 Å². The number of amides is 1. The number of hydrogen-bond acceptors (Lipinski definition) is 3. The van der Waals surface area contributed by atoms with E-state index >= 15 is 0 Å². The predicted octanol–water partition coefficient (Wildman–Crippen LogP) is 1.94. The Kier molecular flexibility index (Phi) is 5.78. The number of hydrogen-bond donors (Lipinski definition) is 3. The fraction of sp³-hybridized carbons (Fsp3) is 0.0769. The Bertz CT molecular complexity index is 536. The lowest BCUT2D eigenvalue weighted by atomic mass is 10.1. The smallest absolute Gasteiger partial charge is 0.267 e. The van der Waals surface area contributed by atoms with Crippen molar-refractivity contribution in [2.75, 3.05) is 0 Å². The maximum absolute atomic E-state index is 10.8.